The number of halogens is 1. The number of aromatic hydroxyl groups is 1. The molecule has 0 aliphatic carbocycles. The van der Waals surface area contributed by atoms with Gasteiger partial charge in [-0.1, -0.05) is 22.0 Å². The molecule has 5 nitrogen and oxygen atoms in total. The maximum absolute atomic E-state index is 12.6. The summed E-state index contributed by atoms with van der Waals surface area (Å²) in [6.45, 7) is 2.11. The zero-order chi connectivity index (χ0) is 17.7. The number of benzene rings is 2. The van der Waals surface area contributed by atoms with Gasteiger partial charge in [0.05, 0.1) is 11.5 Å². The molecule has 0 bridgehead atoms. The lowest BCUT2D eigenvalue weighted by atomic mass is 10.2. The molecule has 124 valence electrons. The van der Waals surface area contributed by atoms with Crippen LogP contribution in [0.2, 0.25) is 0 Å². The van der Waals surface area contributed by atoms with E-state index in [9.17, 15) is 18.8 Å². The van der Waals surface area contributed by atoms with Crippen LogP contribution >= 0.6 is 15.9 Å². The third-order valence-corrected chi connectivity index (χ3v) is 5.31. The second kappa shape index (κ2) is 7.51. The highest BCUT2D eigenvalue weighted by atomic mass is 79.9. The van der Waals surface area contributed by atoms with Crippen molar-refractivity contribution < 1.29 is 18.3 Å². The van der Waals surface area contributed by atoms with Crippen molar-refractivity contribution in [2.24, 2.45) is 0 Å². The minimum absolute atomic E-state index is 0.0299. The molecule has 0 radical (unpaired) electrons. The van der Waals surface area contributed by atoms with Crippen molar-refractivity contribution >= 4 is 31.8 Å². The molecular formula is C17H14BrNO4S. The fraction of sp³-hybridized carbons (Fsp3) is 0.118. The molecule has 0 spiro atoms. The highest BCUT2D eigenvalue weighted by Crippen LogP contribution is 2.29. The number of rotatable bonds is 5. The molecule has 1 N–H and O–H groups in total. The zero-order valence-electron chi connectivity index (χ0n) is 12.7. The van der Waals surface area contributed by atoms with Gasteiger partial charge in [0.1, 0.15) is 11.0 Å². The molecule has 0 heterocycles. The molecule has 0 saturated heterocycles. The number of nitrogens with zero attached hydrogens (tertiary/aromatic N) is 1. The van der Waals surface area contributed by atoms with Crippen molar-refractivity contribution in [2.45, 2.75) is 11.8 Å². The van der Waals surface area contributed by atoms with Crippen LogP contribution in [-0.4, -0.2) is 20.1 Å². The van der Waals surface area contributed by atoms with Crippen LogP contribution in [0.5, 0.6) is 11.5 Å². The first-order chi connectivity index (χ1) is 11.4. The monoisotopic (exact) mass is 407 g/mol. The Hall–Kier alpha value is -2.30. The Bertz CT molecular complexity index is 913. The minimum Gasteiger partial charge on any atom is -0.504 e. The van der Waals surface area contributed by atoms with Crippen LogP contribution in [0.4, 0.5) is 0 Å². The number of nitriles is 1. The number of allylic oxidation sites excluding steroid dienone is 1. The SMILES string of the molecule is CCOc1cc(/C=C(\C#N)S(=O)(=O)c2ccc(Br)cc2)ccc1O. The van der Waals surface area contributed by atoms with Gasteiger partial charge >= 0.3 is 0 Å². The highest BCUT2D eigenvalue weighted by Gasteiger charge is 2.20. The fourth-order valence-corrected chi connectivity index (χ4v) is 3.38. The maximum Gasteiger partial charge on any atom is 0.216 e. The number of sulfone groups is 1. The van der Waals surface area contributed by atoms with Gasteiger partial charge in [-0.25, -0.2) is 8.42 Å². The van der Waals surface area contributed by atoms with Crippen molar-refractivity contribution in [3.63, 3.8) is 0 Å². The van der Waals surface area contributed by atoms with Crippen LogP contribution in [0.25, 0.3) is 6.08 Å². The fourth-order valence-electron chi connectivity index (χ4n) is 1.95. The first-order valence-electron chi connectivity index (χ1n) is 6.96. The second-order valence-corrected chi connectivity index (χ2v) is 7.57. The Labute approximate surface area is 148 Å². The first kappa shape index (κ1) is 18.0. The van der Waals surface area contributed by atoms with Crippen molar-refractivity contribution in [1.29, 1.82) is 5.26 Å². The van der Waals surface area contributed by atoms with Crippen LogP contribution in [0.3, 0.4) is 0 Å². The molecule has 0 fully saturated rings. The van der Waals surface area contributed by atoms with E-state index in [1.807, 2.05) is 0 Å². The quantitative estimate of drug-likeness (QED) is 0.759. The highest BCUT2D eigenvalue weighted by molar-refractivity contribution is 9.10. The number of phenolic OH excluding ortho intramolecular Hbond substituents is 1. The van der Waals surface area contributed by atoms with Gasteiger partial charge in [0.25, 0.3) is 0 Å². The van der Waals surface area contributed by atoms with E-state index in [4.69, 9.17) is 4.74 Å². The van der Waals surface area contributed by atoms with Crippen LogP contribution in [0.15, 0.2) is 56.7 Å². The average molecular weight is 408 g/mol. The topological polar surface area (TPSA) is 87.4 Å². The number of ether oxygens (including phenoxy) is 1. The molecular weight excluding hydrogens is 394 g/mol. The molecule has 0 unspecified atom stereocenters. The molecule has 2 rings (SSSR count). The van der Waals surface area contributed by atoms with Crippen LogP contribution < -0.4 is 4.74 Å². The summed E-state index contributed by atoms with van der Waals surface area (Å²) in [5.41, 5.74) is 0.438. The van der Waals surface area contributed by atoms with E-state index >= 15 is 0 Å². The van der Waals surface area contributed by atoms with Gasteiger partial charge in [-0.3, -0.25) is 0 Å². The van der Waals surface area contributed by atoms with E-state index in [1.165, 1.54) is 36.4 Å². The number of phenols is 1. The molecule has 0 saturated carbocycles. The molecule has 2 aromatic carbocycles. The first-order valence-corrected chi connectivity index (χ1v) is 9.24. The Morgan fingerprint density at radius 3 is 2.54 bits per heavy atom. The standard InChI is InChI=1S/C17H14BrNO4S/c1-2-23-17-10-12(3-8-16(17)20)9-15(11-19)24(21,22)14-6-4-13(18)5-7-14/h3-10,20H,2H2,1H3/b15-9+. The van der Waals surface area contributed by atoms with Crippen LogP contribution in [-0.2, 0) is 9.84 Å². The summed E-state index contributed by atoms with van der Waals surface area (Å²) in [5, 5.41) is 19.0. The normalized spacial score (nSPS) is 11.8. The summed E-state index contributed by atoms with van der Waals surface area (Å²) in [7, 11) is -3.93. The number of hydrogen-bond donors (Lipinski definition) is 1. The lowest BCUT2D eigenvalue weighted by Crippen LogP contribution is -2.03. The van der Waals surface area contributed by atoms with E-state index < -0.39 is 14.7 Å². The predicted octanol–water partition coefficient (Wildman–Crippen LogP) is 3.89. The zero-order valence-corrected chi connectivity index (χ0v) is 15.1. The van der Waals surface area contributed by atoms with E-state index in [-0.39, 0.29) is 16.4 Å². The smallest absolute Gasteiger partial charge is 0.216 e. The van der Waals surface area contributed by atoms with Gasteiger partial charge < -0.3 is 9.84 Å². The summed E-state index contributed by atoms with van der Waals surface area (Å²) >= 11 is 3.24. The maximum atomic E-state index is 12.6. The van der Waals surface area contributed by atoms with Gasteiger partial charge in [0.2, 0.25) is 9.84 Å². The Balaban J connectivity index is 2.48. The van der Waals surface area contributed by atoms with Crippen LogP contribution in [0, 0.1) is 11.3 Å². The Kier molecular flexibility index (Phi) is 5.65. The Morgan fingerprint density at radius 1 is 1.29 bits per heavy atom. The summed E-state index contributed by atoms with van der Waals surface area (Å²) in [6, 6.07) is 12.1. The van der Waals surface area contributed by atoms with E-state index in [2.05, 4.69) is 15.9 Å². The van der Waals surface area contributed by atoms with E-state index in [0.29, 0.717) is 12.2 Å². The largest absolute Gasteiger partial charge is 0.504 e. The van der Waals surface area contributed by atoms with E-state index in [0.717, 1.165) is 4.47 Å². The van der Waals surface area contributed by atoms with Gasteiger partial charge in [-0.05, 0) is 55.0 Å². The molecule has 7 heteroatoms. The minimum atomic E-state index is -3.93. The van der Waals surface area contributed by atoms with Gasteiger partial charge in [0.15, 0.2) is 11.5 Å². The molecule has 0 aromatic heterocycles. The summed E-state index contributed by atoms with van der Waals surface area (Å²) in [5.74, 6) is 0.174. The third kappa shape index (κ3) is 3.96. The van der Waals surface area contributed by atoms with Crippen LogP contribution in [0.1, 0.15) is 12.5 Å². The van der Waals surface area contributed by atoms with Crippen molar-refractivity contribution in [3.8, 4) is 17.6 Å². The number of hydrogen-bond acceptors (Lipinski definition) is 5. The third-order valence-electron chi connectivity index (χ3n) is 3.11. The lowest BCUT2D eigenvalue weighted by Gasteiger charge is -2.07. The Morgan fingerprint density at radius 2 is 1.96 bits per heavy atom. The molecule has 2 aromatic rings. The summed E-state index contributed by atoms with van der Waals surface area (Å²) in [6.07, 6.45) is 1.25. The molecule has 24 heavy (non-hydrogen) atoms. The van der Waals surface area contributed by atoms with Crippen molar-refractivity contribution in [1.82, 2.24) is 0 Å². The average Bonchev–Trinajstić information content (AvgIpc) is 2.56. The van der Waals surface area contributed by atoms with Crippen molar-refractivity contribution in [2.75, 3.05) is 6.61 Å². The van der Waals surface area contributed by atoms with Gasteiger partial charge in [0, 0.05) is 4.47 Å². The van der Waals surface area contributed by atoms with E-state index in [1.54, 1.807) is 25.1 Å². The molecule has 0 atom stereocenters. The molecule has 0 amide bonds. The van der Waals surface area contributed by atoms with Gasteiger partial charge in [-0.2, -0.15) is 5.26 Å². The van der Waals surface area contributed by atoms with Crippen molar-refractivity contribution in [3.05, 3.63) is 57.4 Å². The summed E-state index contributed by atoms with van der Waals surface area (Å²) < 4.78 is 31.1. The second-order valence-electron chi connectivity index (χ2n) is 4.74. The summed E-state index contributed by atoms with van der Waals surface area (Å²) in [4.78, 5) is -0.361. The van der Waals surface area contributed by atoms with Gasteiger partial charge in [-0.15, -0.1) is 0 Å². The molecule has 0 aliphatic heterocycles. The molecule has 0 aliphatic rings. The lowest BCUT2D eigenvalue weighted by molar-refractivity contribution is 0.318. The predicted molar refractivity (Wildman–Crippen MR) is 94.2 cm³/mol.